The molecule has 0 bridgehead atoms. The molecule has 1 fully saturated rings. The van der Waals surface area contributed by atoms with Gasteiger partial charge in [0.25, 0.3) is 0 Å². The number of carbonyl (C=O) groups is 3. The molecule has 24 heavy (non-hydrogen) atoms. The number of hydrogen-bond donors (Lipinski definition) is 0. The molecule has 0 unspecified atom stereocenters. The van der Waals surface area contributed by atoms with Gasteiger partial charge in [0.05, 0.1) is 36.1 Å². The van der Waals surface area contributed by atoms with E-state index in [1.807, 2.05) is 0 Å². The van der Waals surface area contributed by atoms with Crippen LogP contribution >= 0.6 is 0 Å². The predicted molar refractivity (Wildman–Crippen MR) is 88.0 cm³/mol. The lowest BCUT2D eigenvalue weighted by Gasteiger charge is -2.32. The second-order valence-electron chi connectivity index (χ2n) is 7.25. The third-order valence-electron chi connectivity index (χ3n) is 3.76. The van der Waals surface area contributed by atoms with Gasteiger partial charge in [-0.1, -0.05) is 0 Å². The van der Waals surface area contributed by atoms with Gasteiger partial charge >= 0.3 is 17.9 Å². The first-order chi connectivity index (χ1) is 11.1. The standard InChI is InChI=1S/C18H30O6/c1-10(2)22-16(19)13-7-14(17(20)23-11(3)4)9-15(8-13)18(21)24-12(5)6/h10-15H,7-9H2,1-6H3. The highest BCUT2D eigenvalue weighted by molar-refractivity contribution is 5.80. The summed E-state index contributed by atoms with van der Waals surface area (Å²) in [5.74, 6) is -2.57. The van der Waals surface area contributed by atoms with Crippen LogP contribution in [0.3, 0.4) is 0 Å². The molecule has 1 aliphatic carbocycles. The summed E-state index contributed by atoms with van der Waals surface area (Å²) in [5, 5.41) is 0. The van der Waals surface area contributed by atoms with E-state index in [-0.39, 0.29) is 36.2 Å². The van der Waals surface area contributed by atoms with E-state index in [4.69, 9.17) is 14.2 Å². The zero-order valence-electron chi connectivity index (χ0n) is 15.5. The second-order valence-corrected chi connectivity index (χ2v) is 7.25. The highest BCUT2D eigenvalue weighted by Gasteiger charge is 2.41. The SMILES string of the molecule is CC(C)OC(=O)C1CC(C(=O)OC(C)C)CC(C(=O)OC(C)C)C1. The minimum atomic E-state index is -0.490. The van der Waals surface area contributed by atoms with Crippen LogP contribution in [0, 0.1) is 17.8 Å². The highest BCUT2D eigenvalue weighted by atomic mass is 16.6. The summed E-state index contributed by atoms with van der Waals surface area (Å²) in [6, 6.07) is 0. The van der Waals surface area contributed by atoms with Crippen LogP contribution in [0.1, 0.15) is 60.8 Å². The average molecular weight is 342 g/mol. The van der Waals surface area contributed by atoms with Crippen molar-refractivity contribution in [2.45, 2.75) is 79.1 Å². The van der Waals surface area contributed by atoms with E-state index in [1.54, 1.807) is 41.5 Å². The van der Waals surface area contributed by atoms with Gasteiger partial charge in [-0.25, -0.2) is 0 Å². The number of hydrogen-bond acceptors (Lipinski definition) is 6. The van der Waals surface area contributed by atoms with E-state index in [0.29, 0.717) is 19.3 Å². The fourth-order valence-corrected chi connectivity index (χ4v) is 2.88. The minimum absolute atomic E-state index is 0.235. The third kappa shape index (κ3) is 6.49. The Morgan fingerprint density at radius 3 is 0.958 bits per heavy atom. The molecule has 6 heteroatoms. The lowest BCUT2D eigenvalue weighted by atomic mass is 9.75. The Bertz CT molecular complexity index is 382. The van der Waals surface area contributed by atoms with E-state index in [1.165, 1.54) is 0 Å². The normalized spacial score (nSPS) is 24.1. The Kier molecular flexibility index (Phi) is 7.70. The van der Waals surface area contributed by atoms with Crippen LogP contribution in [0.25, 0.3) is 0 Å². The van der Waals surface area contributed by atoms with Crippen molar-refractivity contribution in [3.05, 3.63) is 0 Å². The molecule has 0 amide bonds. The Morgan fingerprint density at radius 2 is 0.792 bits per heavy atom. The maximum atomic E-state index is 12.3. The van der Waals surface area contributed by atoms with Crippen molar-refractivity contribution in [2.24, 2.45) is 17.8 Å². The van der Waals surface area contributed by atoms with Crippen LogP contribution in [-0.4, -0.2) is 36.2 Å². The van der Waals surface area contributed by atoms with Crippen molar-refractivity contribution < 1.29 is 28.6 Å². The van der Waals surface area contributed by atoms with Crippen LogP contribution in [0.15, 0.2) is 0 Å². The van der Waals surface area contributed by atoms with Gasteiger partial charge in [-0.3, -0.25) is 14.4 Å². The van der Waals surface area contributed by atoms with Gasteiger partial charge in [-0.2, -0.15) is 0 Å². The molecule has 0 aromatic rings. The zero-order valence-corrected chi connectivity index (χ0v) is 15.5. The molecule has 0 aromatic heterocycles. The molecule has 0 aromatic carbocycles. The van der Waals surface area contributed by atoms with Gasteiger partial charge in [0.1, 0.15) is 0 Å². The molecule has 1 rings (SSSR count). The van der Waals surface area contributed by atoms with E-state index in [9.17, 15) is 14.4 Å². The summed E-state index contributed by atoms with van der Waals surface area (Å²) in [4.78, 5) is 36.8. The van der Waals surface area contributed by atoms with Crippen LogP contribution in [0.5, 0.6) is 0 Å². The molecule has 138 valence electrons. The number of rotatable bonds is 6. The van der Waals surface area contributed by atoms with Crippen LogP contribution in [-0.2, 0) is 28.6 Å². The average Bonchev–Trinajstić information content (AvgIpc) is 2.44. The van der Waals surface area contributed by atoms with Crippen LogP contribution < -0.4 is 0 Å². The quantitative estimate of drug-likeness (QED) is 0.545. The van der Waals surface area contributed by atoms with Crippen molar-refractivity contribution in [2.75, 3.05) is 0 Å². The summed E-state index contributed by atoms with van der Waals surface area (Å²) in [6.45, 7) is 10.6. The Morgan fingerprint density at radius 1 is 0.583 bits per heavy atom. The number of carbonyl (C=O) groups excluding carboxylic acids is 3. The molecule has 0 spiro atoms. The molecule has 0 radical (unpaired) electrons. The van der Waals surface area contributed by atoms with Crippen LogP contribution in [0.4, 0.5) is 0 Å². The minimum Gasteiger partial charge on any atom is -0.463 e. The molecular formula is C18H30O6. The zero-order chi connectivity index (χ0) is 18.4. The van der Waals surface area contributed by atoms with Crippen molar-refractivity contribution in [3.63, 3.8) is 0 Å². The van der Waals surface area contributed by atoms with E-state index in [2.05, 4.69) is 0 Å². The van der Waals surface area contributed by atoms with E-state index in [0.717, 1.165) is 0 Å². The fourth-order valence-electron chi connectivity index (χ4n) is 2.88. The maximum Gasteiger partial charge on any atom is 0.309 e. The van der Waals surface area contributed by atoms with Gasteiger partial charge in [0.15, 0.2) is 0 Å². The summed E-state index contributed by atoms with van der Waals surface area (Å²) in [5.41, 5.74) is 0. The van der Waals surface area contributed by atoms with Gasteiger partial charge < -0.3 is 14.2 Å². The number of ether oxygens (including phenoxy) is 3. The van der Waals surface area contributed by atoms with E-state index >= 15 is 0 Å². The Balaban J connectivity index is 2.87. The maximum absolute atomic E-state index is 12.3. The topological polar surface area (TPSA) is 78.9 Å². The largest absolute Gasteiger partial charge is 0.463 e. The molecule has 0 N–H and O–H groups in total. The van der Waals surface area contributed by atoms with Crippen molar-refractivity contribution >= 4 is 17.9 Å². The monoisotopic (exact) mass is 342 g/mol. The van der Waals surface area contributed by atoms with Gasteiger partial charge in [-0.05, 0) is 60.8 Å². The molecule has 0 saturated heterocycles. The van der Waals surface area contributed by atoms with Gasteiger partial charge in [0, 0.05) is 0 Å². The molecule has 0 atom stereocenters. The van der Waals surface area contributed by atoms with Crippen molar-refractivity contribution in [1.82, 2.24) is 0 Å². The lowest BCUT2D eigenvalue weighted by Crippen LogP contribution is -2.38. The van der Waals surface area contributed by atoms with Gasteiger partial charge in [0.2, 0.25) is 0 Å². The molecule has 1 aliphatic rings. The van der Waals surface area contributed by atoms with E-state index < -0.39 is 17.8 Å². The molecule has 6 nitrogen and oxygen atoms in total. The Hall–Kier alpha value is -1.59. The molecule has 1 saturated carbocycles. The Labute approximate surface area is 144 Å². The summed E-state index contributed by atoms with van der Waals surface area (Å²) >= 11 is 0. The summed E-state index contributed by atoms with van der Waals surface area (Å²) in [6.07, 6.45) is 0.345. The third-order valence-corrected chi connectivity index (χ3v) is 3.76. The molecular weight excluding hydrogens is 312 g/mol. The smallest absolute Gasteiger partial charge is 0.309 e. The first-order valence-corrected chi connectivity index (χ1v) is 8.71. The first kappa shape index (κ1) is 20.5. The number of esters is 3. The molecule has 0 aliphatic heterocycles. The fraction of sp³-hybridized carbons (Fsp3) is 0.833. The summed E-state index contributed by atoms with van der Waals surface area (Å²) < 4.78 is 15.8. The second kappa shape index (κ2) is 9.04. The summed E-state index contributed by atoms with van der Waals surface area (Å²) in [7, 11) is 0. The highest BCUT2D eigenvalue weighted by Crippen LogP contribution is 2.36. The predicted octanol–water partition coefficient (Wildman–Crippen LogP) is 2.87. The first-order valence-electron chi connectivity index (χ1n) is 8.71. The lowest BCUT2D eigenvalue weighted by molar-refractivity contribution is -0.164. The van der Waals surface area contributed by atoms with Crippen molar-refractivity contribution in [1.29, 1.82) is 0 Å². The molecule has 0 heterocycles. The van der Waals surface area contributed by atoms with Crippen LogP contribution in [0.2, 0.25) is 0 Å². The van der Waals surface area contributed by atoms with Gasteiger partial charge in [-0.15, -0.1) is 0 Å². The van der Waals surface area contributed by atoms with Crippen molar-refractivity contribution in [3.8, 4) is 0 Å².